The van der Waals surface area contributed by atoms with Crippen LogP contribution in [0.4, 0.5) is 0 Å². The molecule has 0 aromatic carbocycles. The highest BCUT2D eigenvalue weighted by Crippen LogP contribution is 2.41. The molecule has 0 saturated carbocycles. The van der Waals surface area contributed by atoms with Crippen molar-refractivity contribution >= 4 is 10.0 Å². The zero-order chi connectivity index (χ0) is 7.49. The summed E-state index contributed by atoms with van der Waals surface area (Å²) < 4.78 is 0. The zero-order valence-electron chi connectivity index (χ0n) is 6.55. The van der Waals surface area contributed by atoms with Crippen molar-refractivity contribution < 1.29 is 0 Å². The highest BCUT2D eigenvalue weighted by atomic mass is 32.3. The molecule has 0 bridgehead atoms. The van der Waals surface area contributed by atoms with Crippen molar-refractivity contribution in [3.05, 3.63) is 0 Å². The topological polar surface area (TPSA) is 52.0 Å². The first-order valence-corrected chi connectivity index (χ1v) is 5.88. The molecule has 0 spiro atoms. The number of hydrogen-bond donors (Lipinski definition) is 2. The van der Waals surface area contributed by atoms with Crippen LogP contribution in [0, 0.1) is 0 Å². The second-order valence-electron chi connectivity index (χ2n) is 2.69. The summed E-state index contributed by atoms with van der Waals surface area (Å²) in [5.41, 5.74) is 11.2. The Bertz CT molecular complexity index is 83.1. The Hall–Kier alpha value is 0.270. The fourth-order valence-corrected chi connectivity index (χ4v) is 1.42. The minimum atomic E-state index is -0.595. The van der Waals surface area contributed by atoms with Crippen molar-refractivity contribution in [1.29, 1.82) is 0 Å². The Morgan fingerprint density at radius 1 is 1.44 bits per heavy atom. The molecule has 0 aromatic rings. The van der Waals surface area contributed by atoms with E-state index in [1.165, 1.54) is 5.75 Å². The first-order valence-electron chi connectivity index (χ1n) is 3.20. The van der Waals surface area contributed by atoms with Crippen molar-refractivity contribution in [2.24, 2.45) is 11.5 Å². The highest BCUT2D eigenvalue weighted by Gasteiger charge is 2.16. The van der Waals surface area contributed by atoms with Crippen molar-refractivity contribution in [3.63, 3.8) is 0 Å². The van der Waals surface area contributed by atoms with Crippen LogP contribution in [0.25, 0.3) is 0 Å². The minimum Gasteiger partial charge on any atom is -0.328 e. The van der Waals surface area contributed by atoms with Crippen molar-refractivity contribution in [2.75, 3.05) is 24.8 Å². The molecule has 58 valence electrons. The second-order valence-corrected chi connectivity index (χ2v) is 7.12. The molecule has 0 heterocycles. The molecule has 0 aliphatic heterocycles. The second kappa shape index (κ2) is 3.44. The van der Waals surface area contributed by atoms with E-state index in [0.29, 0.717) is 6.54 Å². The quantitative estimate of drug-likeness (QED) is 0.608. The molecule has 3 heteroatoms. The SMILES string of the molecule is CCS(C)(C)C(N)CN. The molecular weight excluding hydrogens is 132 g/mol. The third kappa shape index (κ3) is 2.56. The molecule has 0 rings (SSSR count). The van der Waals surface area contributed by atoms with Gasteiger partial charge in [-0.05, 0) is 18.3 Å². The van der Waals surface area contributed by atoms with Crippen LogP contribution in [0.2, 0.25) is 0 Å². The number of rotatable bonds is 3. The van der Waals surface area contributed by atoms with Gasteiger partial charge in [0.1, 0.15) is 0 Å². The molecule has 4 N–H and O–H groups in total. The lowest BCUT2D eigenvalue weighted by Gasteiger charge is -2.35. The molecule has 0 aromatic heterocycles. The van der Waals surface area contributed by atoms with Gasteiger partial charge in [0, 0.05) is 11.9 Å². The van der Waals surface area contributed by atoms with Gasteiger partial charge in [0.15, 0.2) is 0 Å². The average Bonchev–Trinajstić information content (AvgIpc) is 1.86. The lowest BCUT2D eigenvalue weighted by atomic mass is 10.7. The maximum absolute atomic E-state index is 5.77. The predicted molar refractivity (Wildman–Crippen MR) is 47.0 cm³/mol. The summed E-state index contributed by atoms with van der Waals surface area (Å²) in [5, 5.41) is 0.225. The monoisotopic (exact) mass is 150 g/mol. The summed E-state index contributed by atoms with van der Waals surface area (Å²) in [4.78, 5) is 0. The normalized spacial score (nSPS) is 17.4. The van der Waals surface area contributed by atoms with Crippen LogP contribution in [-0.2, 0) is 0 Å². The van der Waals surface area contributed by atoms with E-state index in [2.05, 4.69) is 19.4 Å². The van der Waals surface area contributed by atoms with E-state index < -0.39 is 10.0 Å². The van der Waals surface area contributed by atoms with Crippen LogP contribution in [0.3, 0.4) is 0 Å². The van der Waals surface area contributed by atoms with Gasteiger partial charge in [0.25, 0.3) is 0 Å². The Labute approximate surface area is 59.3 Å². The van der Waals surface area contributed by atoms with Crippen LogP contribution in [0.1, 0.15) is 6.92 Å². The standard InChI is InChI=1S/C6H18N2S/c1-4-9(2,3)6(8)5-7/h6H,4-5,7-8H2,1-3H3. The Morgan fingerprint density at radius 2 is 1.89 bits per heavy atom. The van der Waals surface area contributed by atoms with E-state index in [0.717, 1.165) is 0 Å². The zero-order valence-corrected chi connectivity index (χ0v) is 7.37. The number of nitrogens with two attached hydrogens (primary N) is 2. The van der Waals surface area contributed by atoms with Gasteiger partial charge >= 0.3 is 0 Å². The van der Waals surface area contributed by atoms with Crippen molar-refractivity contribution in [3.8, 4) is 0 Å². The van der Waals surface area contributed by atoms with Crippen LogP contribution in [0.15, 0.2) is 0 Å². The molecular formula is C6H18N2S. The summed E-state index contributed by atoms with van der Waals surface area (Å²) >= 11 is 0. The van der Waals surface area contributed by atoms with Crippen LogP contribution in [-0.4, -0.2) is 30.2 Å². The van der Waals surface area contributed by atoms with Gasteiger partial charge in [-0.15, -0.1) is 0 Å². The van der Waals surface area contributed by atoms with Gasteiger partial charge in [-0.1, -0.05) is 6.92 Å². The lowest BCUT2D eigenvalue weighted by molar-refractivity contribution is 0.899. The first-order chi connectivity index (χ1) is 4.04. The van der Waals surface area contributed by atoms with E-state index in [1.54, 1.807) is 0 Å². The van der Waals surface area contributed by atoms with Crippen LogP contribution in [0.5, 0.6) is 0 Å². The number of hydrogen-bond acceptors (Lipinski definition) is 2. The largest absolute Gasteiger partial charge is 0.328 e. The lowest BCUT2D eigenvalue weighted by Crippen LogP contribution is -2.35. The highest BCUT2D eigenvalue weighted by molar-refractivity contribution is 8.33. The summed E-state index contributed by atoms with van der Waals surface area (Å²) in [6.45, 7) is 2.79. The molecule has 0 aliphatic carbocycles. The van der Waals surface area contributed by atoms with Gasteiger partial charge in [-0.2, -0.15) is 0 Å². The summed E-state index contributed by atoms with van der Waals surface area (Å²) in [7, 11) is -0.595. The van der Waals surface area contributed by atoms with Crippen LogP contribution < -0.4 is 11.5 Å². The third-order valence-electron chi connectivity index (χ3n) is 1.80. The van der Waals surface area contributed by atoms with Gasteiger partial charge in [0.2, 0.25) is 0 Å². The fourth-order valence-electron chi connectivity index (χ4n) is 0.475. The predicted octanol–water partition coefficient (Wildman–Crippen LogP) is 0.314. The van der Waals surface area contributed by atoms with E-state index in [1.807, 2.05) is 0 Å². The molecule has 1 unspecified atom stereocenters. The van der Waals surface area contributed by atoms with Gasteiger partial charge < -0.3 is 11.5 Å². The van der Waals surface area contributed by atoms with E-state index >= 15 is 0 Å². The summed E-state index contributed by atoms with van der Waals surface area (Å²) in [6.07, 6.45) is 4.45. The average molecular weight is 150 g/mol. The van der Waals surface area contributed by atoms with Crippen molar-refractivity contribution in [1.82, 2.24) is 0 Å². The third-order valence-corrected chi connectivity index (χ3v) is 5.12. The molecule has 0 radical (unpaired) electrons. The Morgan fingerprint density at radius 3 is 2.00 bits per heavy atom. The van der Waals surface area contributed by atoms with E-state index in [9.17, 15) is 0 Å². The molecule has 0 amide bonds. The molecule has 9 heavy (non-hydrogen) atoms. The minimum absolute atomic E-state index is 0.225. The maximum atomic E-state index is 5.77. The maximum Gasteiger partial charge on any atom is 0.0472 e. The molecule has 0 fully saturated rings. The molecule has 1 atom stereocenters. The van der Waals surface area contributed by atoms with E-state index in [-0.39, 0.29) is 5.37 Å². The molecule has 0 aliphatic rings. The smallest absolute Gasteiger partial charge is 0.0472 e. The van der Waals surface area contributed by atoms with E-state index in [4.69, 9.17) is 11.5 Å². The van der Waals surface area contributed by atoms with Gasteiger partial charge in [0.05, 0.1) is 0 Å². The van der Waals surface area contributed by atoms with Gasteiger partial charge in [-0.3, -0.25) is 0 Å². The van der Waals surface area contributed by atoms with Crippen molar-refractivity contribution in [2.45, 2.75) is 12.3 Å². The molecule has 2 nitrogen and oxygen atoms in total. The first kappa shape index (κ1) is 9.27. The Balaban J connectivity index is 3.80. The summed E-state index contributed by atoms with van der Waals surface area (Å²) in [5.74, 6) is 1.17. The van der Waals surface area contributed by atoms with Crippen LogP contribution >= 0.6 is 10.0 Å². The van der Waals surface area contributed by atoms with Gasteiger partial charge in [-0.25, -0.2) is 10.0 Å². The fraction of sp³-hybridized carbons (Fsp3) is 1.00. The molecule has 0 saturated heterocycles. The Kier molecular flexibility index (Phi) is 3.54. The summed E-state index contributed by atoms with van der Waals surface area (Å²) in [6, 6.07) is 0.